The van der Waals surface area contributed by atoms with Crippen molar-refractivity contribution in [2.45, 2.75) is 129 Å². The fourth-order valence-electron chi connectivity index (χ4n) is 4.33. The Morgan fingerprint density at radius 2 is 1.34 bits per heavy atom. The Kier molecular flexibility index (Phi) is 19.6. The summed E-state index contributed by atoms with van der Waals surface area (Å²) in [4.78, 5) is 34.6. The van der Waals surface area contributed by atoms with Gasteiger partial charge in [-0.05, 0) is 38.7 Å². The molecule has 0 aliphatic heterocycles. The lowest BCUT2D eigenvalue weighted by Crippen LogP contribution is -2.13. The largest absolute Gasteiger partial charge is 0.491 e. The Morgan fingerprint density at radius 3 is 1.92 bits per heavy atom. The number of carbonyl (C=O) groups is 2. The Hall–Kier alpha value is -2.64. The number of non-ortho nitro benzene ring substituents is 1. The van der Waals surface area contributed by atoms with Gasteiger partial charge in [0.15, 0.2) is 0 Å². The van der Waals surface area contributed by atoms with Gasteiger partial charge in [-0.1, -0.05) is 84.0 Å². The van der Waals surface area contributed by atoms with Gasteiger partial charge in [-0.3, -0.25) is 19.7 Å². The molecule has 0 saturated heterocycles. The summed E-state index contributed by atoms with van der Waals surface area (Å²) in [5, 5.41) is 14.0. The summed E-state index contributed by atoms with van der Waals surface area (Å²) in [6.07, 6.45) is 19.2. The maximum Gasteiger partial charge on any atom is 0.305 e. The Bertz CT molecular complexity index is 799. The normalized spacial score (nSPS) is 10.8. The maximum atomic E-state index is 12.5. The first-order valence-electron chi connectivity index (χ1n) is 14.8. The topological polar surface area (TPSA) is 108 Å². The zero-order chi connectivity index (χ0) is 27.8. The molecule has 0 radical (unpaired) electrons. The molecule has 0 atom stereocenters. The SMILES string of the molecule is CCCCCCCCCCCCCCCC(=O)Nc1cc([N+](=O)[O-])ccc1OCCCCCC(=O)OCC. The van der Waals surface area contributed by atoms with E-state index in [0.717, 1.165) is 32.1 Å². The molecule has 0 heterocycles. The molecule has 8 heteroatoms. The van der Waals surface area contributed by atoms with Gasteiger partial charge in [-0.15, -0.1) is 0 Å². The van der Waals surface area contributed by atoms with E-state index >= 15 is 0 Å². The molecule has 216 valence electrons. The van der Waals surface area contributed by atoms with E-state index in [2.05, 4.69) is 12.2 Å². The number of benzene rings is 1. The molecule has 0 aliphatic carbocycles. The van der Waals surface area contributed by atoms with Crippen LogP contribution in [0.15, 0.2) is 18.2 Å². The zero-order valence-corrected chi connectivity index (χ0v) is 23.8. The van der Waals surface area contributed by atoms with Crippen LogP contribution >= 0.6 is 0 Å². The third-order valence-corrected chi connectivity index (χ3v) is 6.54. The zero-order valence-electron chi connectivity index (χ0n) is 23.8. The fraction of sp³-hybridized carbons (Fsp3) is 0.733. The second-order valence-electron chi connectivity index (χ2n) is 9.94. The summed E-state index contributed by atoms with van der Waals surface area (Å²) in [5.41, 5.74) is 0.230. The number of esters is 1. The van der Waals surface area contributed by atoms with Crippen LogP contribution in [0, 0.1) is 10.1 Å². The van der Waals surface area contributed by atoms with E-state index in [1.54, 1.807) is 6.92 Å². The van der Waals surface area contributed by atoms with Gasteiger partial charge < -0.3 is 14.8 Å². The number of nitro benzene ring substituents is 1. The summed E-state index contributed by atoms with van der Waals surface area (Å²) < 4.78 is 10.7. The number of anilines is 1. The lowest BCUT2D eigenvalue weighted by Gasteiger charge is -2.13. The van der Waals surface area contributed by atoms with Crippen molar-refractivity contribution in [2.75, 3.05) is 18.5 Å². The van der Waals surface area contributed by atoms with Gasteiger partial charge in [0.1, 0.15) is 5.75 Å². The molecule has 1 rings (SSSR count). The van der Waals surface area contributed by atoms with Crippen LogP contribution in [-0.2, 0) is 14.3 Å². The van der Waals surface area contributed by atoms with Crippen LogP contribution in [0.5, 0.6) is 5.75 Å². The minimum atomic E-state index is -0.485. The molecule has 0 aliphatic rings. The first kappa shape index (κ1) is 33.4. The van der Waals surface area contributed by atoms with Gasteiger partial charge in [0, 0.05) is 25.0 Å². The van der Waals surface area contributed by atoms with E-state index in [0.29, 0.717) is 43.9 Å². The van der Waals surface area contributed by atoms with Crippen molar-refractivity contribution in [3.8, 4) is 5.75 Å². The molecule has 0 spiro atoms. The number of rotatable bonds is 24. The second-order valence-corrected chi connectivity index (χ2v) is 9.94. The first-order chi connectivity index (χ1) is 18.5. The van der Waals surface area contributed by atoms with Crippen molar-refractivity contribution in [3.05, 3.63) is 28.3 Å². The summed E-state index contributed by atoms with van der Waals surface area (Å²) in [6, 6.07) is 4.24. The highest BCUT2D eigenvalue weighted by Gasteiger charge is 2.14. The van der Waals surface area contributed by atoms with E-state index in [9.17, 15) is 19.7 Å². The standard InChI is InChI=1S/C30H50N2O6/c1-3-5-6-7-8-9-10-11-12-13-14-15-17-20-29(33)31-27-25-26(32(35)36)22-23-28(27)38-24-19-16-18-21-30(34)37-4-2/h22-23,25H,3-21,24H2,1-2H3,(H,31,33). The lowest BCUT2D eigenvalue weighted by atomic mass is 10.0. The van der Waals surface area contributed by atoms with Crippen molar-refractivity contribution in [1.82, 2.24) is 0 Å². The number of unbranched alkanes of at least 4 members (excludes halogenated alkanes) is 14. The molecule has 1 aromatic rings. The molecule has 38 heavy (non-hydrogen) atoms. The molecular formula is C30H50N2O6. The molecular weight excluding hydrogens is 484 g/mol. The Labute approximate surface area is 229 Å². The lowest BCUT2D eigenvalue weighted by molar-refractivity contribution is -0.384. The fourth-order valence-corrected chi connectivity index (χ4v) is 4.33. The highest BCUT2D eigenvalue weighted by molar-refractivity contribution is 5.92. The highest BCUT2D eigenvalue weighted by Crippen LogP contribution is 2.30. The average molecular weight is 535 g/mol. The molecule has 1 aromatic carbocycles. The van der Waals surface area contributed by atoms with Crippen LogP contribution in [-0.4, -0.2) is 30.0 Å². The first-order valence-corrected chi connectivity index (χ1v) is 14.8. The Balaban J connectivity index is 2.27. The number of hydrogen-bond donors (Lipinski definition) is 1. The smallest absolute Gasteiger partial charge is 0.305 e. The van der Waals surface area contributed by atoms with E-state index in [4.69, 9.17) is 9.47 Å². The number of nitro groups is 1. The van der Waals surface area contributed by atoms with Crippen molar-refractivity contribution < 1.29 is 24.0 Å². The van der Waals surface area contributed by atoms with Crippen LogP contribution in [0.3, 0.4) is 0 Å². The number of nitrogens with one attached hydrogen (secondary N) is 1. The van der Waals surface area contributed by atoms with Crippen molar-refractivity contribution in [2.24, 2.45) is 0 Å². The maximum absolute atomic E-state index is 12.5. The van der Waals surface area contributed by atoms with Gasteiger partial charge >= 0.3 is 5.97 Å². The summed E-state index contributed by atoms with van der Waals surface area (Å²) in [6.45, 7) is 4.81. The van der Waals surface area contributed by atoms with Gasteiger partial charge in [-0.2, -0.15) is 0 Å². The van der Waals surface area contributed by atoms with Crippen LogP contribution in [0.25, 0.3) is 0 Å². The van der Waals surface area contributed by atoms with Crippen molar-refractivity contribution >= 4 is 23.3 Å². The predicted molar refractivity (Wildman–Crippen MR) is 153 cm³/mol. The molecule has 1 amide bonds. The summed E-state index contributed by atoms with van der Waals surface area (Å²) >= 11 is 0. The monoisotopic (exact) mass is 534 g/mol. The van der Waals surface area contributed by atoms with Crippen LogP contribution in [0.4, 0.5) is 11.4 Å². The van der Waals surface area contributed by atoms with E-state index in [1.165, 1.54) is 82.4 Å². The molecule has 0 unspecified atom stereocenters. The predicted octanol–water partition coefficient (Wildman–Crippen LogP) is 8.52. The van der Waals surface area contributed by atoms with E-state index in [-0.39, 0.29) is 17.6 Å². The van der Waals surface area contributed by atoms with E-state index < -0.39 is 4.92 Å². The minimum absolute atomic E-state index is 0.0944. The molecule has 0 saturated carbocycles. The number of carbonyl (C=O) groups excluding carboxylic acids is 2. The van der Waals surface area contributed by atoms with Crippen LogP contribution < -0.4 is 10.1 Å². The molecule has 0 fully saturated rings. The number of ether oxygens (including phenoxy) is 2. The minimum Gasteiger partial charge on any atom is -0.491 e. The quantitative estimate of drug-likeness (QED) is 0.0616. The summed E-state index contributed by atoms with van der Waals surface area (Å²) in [5.74, 6) is 0.0600. The molecule has 0 bridgehead atoms. The molecule has 8 nitrogen and oxygen atoms in total. The van der Waals surface area contributed by atoms with Crippen molar-refractivity contribution in [3.63, 3.8) is 0 Å². The van der Waals surface area contributed by atoms with Crippen LogP contribution in [0.1, 0.15) is 129 Å². The third kappa shape index (κ3) is 17.0. The summed E-state index contributed by atoms with van der Waals surface area (Å²) in [7, 11) is 0. The van der Waals surface area contributed by atoms with Gasteiger partial charge in [-0.25, -0.2) is 0 Å². The number of amides is 1. The molecule has 0 aromatic heterocycles. The van der Waals surface area contributed by atoms with Gasteiger partial charge in [0.25, 0.3) is 5.69 Å². The average Bonchev–Trinajstić information content (AvgIpc) is 2.89. The molecule has 1 N–H and O–H groups in total. The third-order valence-electron chi connectivity index (χ3n) is 6.54. The van der Waals surface area contributed by atoms with Gasteiger partial charge in [0.2, 0.25) is 5.91 Å². The van der Waals surface area contributed by atoms with Crippen LogP contribution in [0.2, 0.25) is 0 Å². The number of nitrogens with zero attached hydrogens (tertiary/aromatic N) is 1. The second kappa shape index (κ2) is 22.4. The van der Waals surface area contributed by atoms with Gasteiger partial charge in [0.05, 0.1) is 23.8 Å². The number of hydrogen-bond acceptors (Lipinski definition) is 6. The Morgan fingerprint density at radius 1 is 0.789 bits per heavy atom. The van der Waals surface area contributed by atoms with Crippen molar-refractivity contribution in [1.29, 1.82) is 0 Å². The highest BCUT2D eigenvalue weighted by atomic mass is 16.6. The van der Waals surface area contributed by atoms with E-state index in [1.807, 2.05) is 0 Å².